The van der Waals surface area contributed by atoms with Crippen LogP contribution in [0.2, 0.25) is 0 Å². The van der Waals surface area contributed by atoms with Gasteiger partial charge in [-0.05, 0) is 55.7 Å². The molecule has 0 unspecified atom stereocenters. The molecule has 1 heterocycles. The Kier molecular flexibility index (Phi) is 5.53. The third kappa shape index (κ3) is 4.33. The van der Waals surface area contributed by atoms with Crippen molar-refractivity contribution in [3.05, 3.63) is 59.2 Å². The molecule has 4 nitrogen and oxygen atoms in total. The van der Waals surface area contributed by atoms with Crippen molar-refractivity contribution in [2.45, 2.75) is 49.3 Å². The van der Waals surface area contributed by atoms with E-state index in [1.165, 1.54) is 6.07 Å². The van der Waals surface area contributed by atoms with Gasteiger partial charge in [0.05, 0.1) is 17.3 Å². The first-order valence-corrected chi connectivity index (χ1v) is 10.8. The monoisotopic (exact) mass is 434 g/mol. The van der Waals surface area contributed by atoms with Crippen molar-refractivity contribution in [1.82, 2.24) is 4.90 Å². The Bertz CT molecular complexity index is 989. The molecule has 8 heteroatoms. The third-order valence-electron chi connectivity index (χ3n) is 5.38. The largest absolute Gasteiger partial charge is 0.416 e. The second kappa shape index (κ2) is 7.98. The van der Waals surface area contributed by atoms with E-state index >= 15 is 0 Å². The molecule has 0 aromatic heterocycles. The first-order valence-electron chi connectivity index (χ1n) is 9.80. The van der Waals surface area contributed by atoms with Gasteiger partial charge in [-0.25, -0.2) is 0 Å². The zero-order valence-electron chi connectivity index (χ0n) is 16.3. The lowest BCUT2D eigenvalue weighted by molar-refractivity contribution is -0.137. The number of alkyl halides is 3. The minimum absolute atomic E-state index is 0.00446. The third-order valence-corrected chi connectivity index (χ3v) is 6.45. The molecule has 1 aliphatic heterocycles. The number of fused-ring (bicyclic) bond motifs is 1. The van der Waals surface area contributed by atoms with E-state index in [1.54, 1.807) is 41.8 Å². The Balaban J connectivity index is 1.64. The summed E-state index contributed by atoms with van der Waals surface area (Å²) in [4.78, 5) is 27.8. The maximum atomic E-state index is 13.4. The van der Waals surface area contributed by atoms with Gasteiger partial charge in [0.25, 0.3) is 5.91 Å². The fourth-order valence-corrected chi connectivity index (χ4v) is 4.59. The van der Waals surface area contributed by atoms with Gasteiger partial charge in [0.1, 0.15) is 0 Å². The predicted octanol–water partition coefficient (Wildman–Crippen LogP) is 5.51. The molecule has 0 spiro atoms. The normalized spacial score (nSPS) is 17.5. The molecule has 4 rings (SSSR count). The summed E-state index contributed by atoms with van der Waals surface area (Å²) in [5, 5.41) is 2.83. The Morgan fingerprint density at radius 1 is 1.20 bits per heavy atom. The Labute approximate surface area is 176 Å². The molecular formula is C22H21F3N2O2S. The number of anilines is 1. The summed E-state index contributed by atoms with van der Waals surface area (Å²) in [5.74, 6) is 0.336. The second-order valence-electron chi connectivity index (χ2n) is 7.60. The highest BCUT2D eigenvalue weighted by atomic mass is 32.2. The molecule has 1 saturated carbocycles. The SMILES string of the molecule is C[C@H](c1cccc(C(F)(F)F)c1)N(C(=O)c1ccc2c(c1)NC(=O)CCS2)C1CC1. The molecular weight excluding hydrogens is 413 g/mol. The van der Waals surface area contributed by atoms with Crippen LogP contribution in [-0.2, 0) is 11.0 Å². The quantitative estimate of drug-likeness (QED) is 0.691. The lowest BCUT2D eigenvalue weighted by atomic mass is 10.0. The van der Waals surface area contributed by atoms with E-state index in [0.717, 1.165) is 29.9 Å². The standard InChI is InChI=1S/C22H21F3N2O2S/c1-13(14-3-2-4-16(11-14)22(23,24)25)27(17-6-7-17)21(29)15-5-8-19-18(12-15)26-20(28)9-10-30-19/h2-5,8,11-13,17H,6-7,9-10H2,1H3,(H,26,28)/t13-/m1/s1. The molecule has 0 saturated heterocycles. The maximum Gasteiger partial charge on any atom is 0.416 e. The summed E-state index contributed by atoms with van der Waals surface area (Å²) in [6.45, 7) is 1.76. The minimum Gasteiger partial charge on any atom is -0.329 e. The lowest BCUT2D eigenvalue weighted by Crippen LogP contribution is -2.35. The van der Waals surface area contributed by atoms with Crippen molar-refractivity contribution in [1.29, 1.82) is 0 Å². The molecule has 1 atom stereocenters. The van der Waals surface area contributed by atoms with Crippen molar-refractivity contribution in [3.63, 3.8) is 0 Å². The van der Waals surface area contributed by atoms with E-state index < -0.39 is 17.8 Å². The summed E-state index contributed by atoms with van der Waals surface area (Å²) < 4.78 is 39.4. The Morgan fingerprint density at radius 3 is 2.67 bits per heavy atom. The van der Waals surface area contributed by atoms with Crippen LogP contribution in [0.15, 0.2) is 47.4 Å². The van der Waals surface area contributed by atoms with E-state index in [1.807, 2.05) is 6.07 Å². The lowest BCUT2D eigenvalue weighted by Gasteiger charge is -2.30. The summed E-state index contributed by atoms with van der Waals surface area (Å²) in [6.07, 6.45) is -2.38. The number of hydrogen-bond donors (Lipinski definition) is 1. The van der Waals surface area contributed by atoms with Gasteiger partial charge < -0.3 is 10.2 Å². The molecule has 1 aliphatic carbocycles. The number of carbonyl (C=O) groups excluding carboxylic acids is 2. The van der Waals surface area contributed by atoms with Crippen molar-refractivity contribution < 1.29 is 22.8 Å². The minimum atomic E-state index is -4.43. The van der Waals surface area contributed by atoms with E-state index in [4.69, 9.17) is 0 Å². The molecule has 1 fully saturated rings. The average molecular weight is 434 g/mol. The van der Waals surface area contributed by atoms with Crippen LogP contribution in [0, 0.1) is 0 Å². The highest BCUT2D eigenvalue weighted by Gasteiger charge is 2.38. The van der Waals surface area contributed by atoms with Gasteiger partial charge in [-0.2, -0.15) is 13.2 Å². The summed E-state index contributed by atoms with van der Waals surface area (Å²) >= 11 is 1.55. The molecule has 1 N–H and O–H groups in total. The van der Waals surface area contributed by atoms with Crippen molar-refractivity contribution in [3.8, 4) is 0 Å². The maximum absolute atomic E-state index is 13.4. The number of nitrogens with one attached hydrogen (secondary N) is 1. The predicted molar refractivity (Wildman–Crippen MR) is 109 cm³/mol. The highest BCUT2D eigenvalue weighted by molar-refractivity contribution is 7.99. The van der Waals surface area contributed by atoms with Crippen LogP contribution in [0.25, 0.3) is 0 Å². The number of amides is 2. The molecule has 2 aromatic carbocycles. The summed E-state index contributed by atoms with van der Waals surface area (Å²) in [5.41, 5.74) is 0.751. The fourth-order valence-electron chi connectivity index (χ4n) is 3.65. The van der Waals surface area contributed by atoms with Gasteiger partial charge in [0.15, 0.2) is 0 Å². The van der Waals surface area contributed by atoms with E-state index in [9.17, 15) is 22.8 Å². The van der Waals surface area contributed by atoms with Gasteiger partial charge in [-0.3, -0.25) is 9.59 Å². The Hall–Kier alpha value is -2.48. The zero-order chi connectivity index (χ0) is 21.5. The second-order valence-corrected chi connectivity index (χ2v) is 8.74. The zero-order valence-corrected chi connectivity index (χ0v) is 17.1. The molecule has 158 valence electrons. The van der Waals surface area contributed by atoms with Crippen molar-refractivity contribution in [2.75, 3.05) is 11.1 Å². The summed E-state index contributed by atoms with van der Waals surface area (Å²) in [6, 6.07) is 9.85. The van der Waals surface area contributed by atoms with Gasteiger partial charge in [-0.1, -0.05) is 12.1 Å². The molecule has 2 amide bonds. The average Bonchev–Trinajstić information content (AvgIpc) is 3.54. The number of carbonyl (C=O) groups is 2. The van der Waals surface area contributed by atoms with Gasteiger partial charge >= 0.3 is 6.18 Å². The molecule has 30 heavy (non-hydrogen) atoms. The molecule has 2 aromatic rings. The first kappa shape index (κ1) is 20.8. The van der Waals surface area contributed by atoms with Crippen molar-refractivity contribution >= 4 is 29.3 Å². The van der Waals surface area contributed by atoms with E-state index in [-0.39, 0.29) is 17.9 Å². The number of thioether (sulfide) groups is 1. The first-order chi connectivity index (χ1) is 14.2. The van der Waals surface area contributed by atoms with Crippen LogP contribution in [0.5, 0.6) is 0 Å². The fraction of sp³-hybridized carbons (Fsp3) is 0.364. The number of hydrogen-bond acceptors (Lipinski definition) is 3. The number of halogens is 3. The van der Waals surface area contributed by atoms with Crippen LogP contribution < -0.4 is 5.32 Å². The van der Waals surface area contributed by atoms with Gasteiger partial charge in [-0.15, -0.1) is 11.8 Å². The Morgan fingerprint density at radius 2 is 1.97 bits per heavy atom. The van der Waals surface area contributed by atoms with E-state index in [2.05, 4.69) is 5.32 Å². The van der Waals surface area contributed by atoms with Crippen LogP contribution in [0.3, 0.4) is 0 Å². The number of rotatable bonds is 4. The highest BCUT2D eigenvalue weighted by Crippen LogP contribution is 2.39. The molecule has 2 aliphatic rings. The van der Waals surface area contributed by atoms with Crippen LogP contribution in [0.1, 0.15) is 53.7 Å². The van der Waals surface area contributed by atoms with Crippen molar-refractivity contribution in [2.24, 2.45) is 0 Å². The molecule has 0 bridgehead atoms. The van der Waals surface area contributed by atoms with Crippen LogP contribution >= 0.6 is 11.8 Å². The molecule has 0 radical (unpaired) electrons. The number of nitrogens with zero attached hydrogens (tertiary/aromatic N) is 1. The van der Waals surface area contributed by atoms with E-state index in [0.29, 0.717) is 29.0 Å². The van der Waals surface area contributed by atoms with Crippen LogP contribution in [-0.4, -0.2) is 28.5 Å². The number of benzene rings is 2. The van der Waals surface area contributed by atoms with Crippen LogP contribution in [0.4, 0.5) is 18.9 Å². The summed E-state index contributed by atoms with van der Waals surface area (Å²) in [7, 11) is 0. The topological polar surface area (TPSA) is 49.4 Å². The van der Waals surface area contributed by atoms with Gasteiger partial charge in [0, 0.05) is 28.7 Å². The van der Waals surface area contributed by atoms with Gasteiger partial charge in [0.2, 0.25) is 5.91 Å². The smallest absolute Gasteiger partial charge is 0.329 e.